The first-order valence-electron chi connectivity index (χ1n) is 8.14. The molecule has 0 atom stereocenters. The van der Waals surface area contributed by atoms with Gasteiger partial charge in [0.2, 0.25) is 0 Å². The van der Waals surface area contributed by atoms with E-state index in [0.29, 0.717) is 5.39 Å². The highest BCUT2D eigenvalue weighted by Gasteiger charge is 2.07. The van der Waals surface area contributed by atoms with Crippen molar-refractivity contribution in [1.82, 2.24) is 0 Å². The lowest BCUT2D eigenvalue weighted by Gasteiger charge is -2.08. The van der Waals surface area contributed by atoms with Crippen molar-refractivity contribution in [3.63, 3.8) is 0 Å². The van der Waals surface area contributed by atoms with Crippen molar-refractivity contribution in [3.05, 3.63) is 84.2 Å². The van der Waals surface area contributed by atoms with Crippen LogP contribution < -0.4 is 0 Å². The molecule has 0 aromatic heterocycles. The van der Waals surface area contributed by atoms with E-state index >= 15 is 0 Å². The molecule has 3 rings (SSSR count). The Hall–Kier alpha value is -2.41. The zero-order valence-electron chi connectivity index (χ0n) is 13.5. The summed E-state index contributed by atoms with van der Waals surface area (Å²) in [5.41, 5.74) is 4.37. The van der Waals surface area contributed by atoms with Crippen LogP contribution in [0.3, 0.4) is 0 Å². The molecule has 0 saturated heterocycles. The molecule has 0 aliphatic heterocycles. The second-order valence-corrected chi connectivity index (χ2v) is 5.85. The molecule has 0 unspecified atom stereocenters. The van der Waals surface area contributed by atoms with Crippen LogP contribution in [-0.2, 0) is 12.8 Å². The summed E-state index contributed by atoms with van der Waals surface area (Å²) in [6.45, 7) is 5.74. The standard InChI is InChI=1S/C22H21F/c1-3-5-6-16-7-9-18(10-8-16)19-13-14-21-20(15-19)12-11-17(4-2)22(21)23/h3,7-15H,1,4-6H2,2H3. The molecule has 0 nitrogen and oxygen atoms in total. The van der Waals surface area contributed by atoms with E-state index in [9.17, 15) is 4.39 Å². The van der Waals surface area contributed by atoms with E-state index in [-0.39, 0.29) is 5.82 Å². The minimum Gasteiger partial charge on any atom is -0.206 e. The Bertz CT molecular complexity index is 828. The van der Waals surface area contributed by atoms with Crippen molar-refractivity contribution in [1.29, 1.82) is 0 Å². The third kappa shape index (κ3) is 3.19. The molecular weight excluding hydrogens is 283 g/mol. The lowest BCUT2D eigenvalue weighted by molar-refractivity contribution is 0.624. The zero-order chi connectivity index (χ0) is 16.2. The first kappa shape index (κ1) is 15.5. The van der Waals surface area contributed by atoms with E-state index < -0.39 is 0 Å². The number of hydrogen-bond acceptors (Lipinski definition) is 0. The maximum absolute atomic E-state index is 14.4. The molecule has 0 N–H and O–H groups in total. The van der Waals surface area contributed by atoms with Crippen LogP contribution >= 0.6 is 0 Å². The Labute approximate surface area is 137 Å². The summed E-state index contributed by atoms with van der Waals surface area (Å²) in [5, 5.41) is 1.66. The van der Waals surface area contributed by atoms with E-state index in [0.717, 1.165) is 41.3 Å². The highest BCUT2D eigenvalue weighted by atomic mass is 19.1. The predicted molar refractivity (Wildman–Crippen MR) is 97.2 cm³/mol. The fourth-order valence-electron chi connectivity index (χ4n) is 2.92. The smallest absolute Gasteiger partial charge is 0.134 e. The average Bonchev–Trinajstić information content (AvgIpc) is 2.60. The first-order valence-corrected chi connectivity index (χ1v) is 8.14. The molecule has 1 heteroatoms. The molecule has 3 aromatic carbocycles. The lowest BCUT2D eigenvalue weighted by atomic mass is 9.97. The Kier molecular flexibility index (Phi) is 4.57. The van der Waals surface area contributed by atoms with Gasteiger partial charge in [0.25, 0.3) is 0 Å². The second kappa shape index (κ2) is 6.78. The average molecular weight is 304 g/mol. The van der Waals surface area contributed by atoms with Crippen LogP contribution in [0.25, 0.3) is 21.9 Å². The van der Waals surface area contributed by atoms with Crippen molar-refractivity contribution in [2.75, 3.05) is 0 Å². The Morgan fingerprint density at radius 3 is 2.39 bits per heavy atom. The molecule has 3 aromatic rings. The quantitative estimate of drug-likeness (QED) is 0.483. The maximum Gasteiger partial charge on any atom is 0.134 e. The SMILES string of the molecule is C=CCCc1ccc(-c2ccc3c(F)c(CC)ccc3c2)cc1. The van der Waals surface area contributed by atoms with E-state index in [1.54, 1.807) is 0 Å². The number of fused-ring (bicyclic) bond motifs is 1. The molecule has 0 aliphatic carbocycles. The molecule has 0 heterocycles. The topological polar surface area (TPSA) is 0 Å². The number of allylic oxidation sites excluding steroid dienone is 1. The van der Waals surface area contributed by atoms with Crippen LogP contribution in [0.4, 0.5) is 4.39 Å². The maximum atomic E-state index is 14.4. The van der Waals surface area contributed by atoms with Crippen LogP contribution in [0, 0.1) is 5.82 Å². The molecule has 23 heavy (non-hydrogen) atoms. The molecule has 0 bridgehead atoms. The van der Waals surface area contributed by atoms with Crippen LogP contribution in [-0.4, -0.2) is 0 Å². The summed E-state index contributed by atoms with van der Waals surface area (Å²) in [5.74, 6) is -0.0867. The number of benzene rings is 3. The van der Waals surface area contributed by atoms with Crippen LogP contribution in [0.1, 0.15) is 24.5 Å². The summed E-state index contributed by atoms with van der Waals surface area (Å²) in [7, 11) is 0. The molecule has 0 saturated carbocycles. The molecule has 116 valence electrons. The van der Waals surface area contributed by atoms with Gasteiger partial charge in [-0.3, -0.25) is 0 Å². The van der Waals surface area contributed by atoms with Crippen molar-refractivity contribution in [2.45, 2.75) is 26.2 Å². The minimum absolute atomic E-state index is 0.0867. The van der Waals surface area contributed by atoms with Gasteiger partial charge in [0.05, 0.1) is 0 Å². The molecule has 0 spiro atoms. The largest absolute Gasteiger partial charge is 0.206 e. The molecule has 0 amide bonds. The zero-order valence-corrected chi connectivity index (χ0v) is 13.5. The lowest BCUT2D eigenvalue weighted by Crippen LogP contribution is -1.90. The summed E-state index contributed by atoms with van der Waals surface area (Å²) < 4.78 is 14.4. The highest BCUT2D eigenvalue weighted by molar-refractivity contribution is 5.88. The number of rotatable bonds is 5. The Balaban J connectivity index is 1.95. The third-order valence-electron chi connectivity index (χ3n) is 4.34. The van der Waals surface area contributed by atoms with Gasteiger partial charge >= 0.3 is 0 Å². The van der Waals surface area contributed by atoms with E-state index in [1.165, 1.54) is 5.56 Å². The predicted octanol–water partition coefficient (Wildman–Crippen LogP) is 6.33. The van der Waals surface area contributed by atoms with Crippen molar-refractivity contribution >= 4 is 10.8 Å². The van der Waals surface area contributed by atoms with E-state index in [1.807, 2.05) is 37.3 Å². The molecule has 0 radical (unpaired) electrons. The molecule has 0 fully saturated rings. The monoisotopic (exact) mass is 304 g/mol. The van der Waals surface area contributed by atoms with Gasteiger partial charge in [-0.2, -0.15) is 0 Å². The minimum atomic E-state index is -0.0867. The van der Waals surface area contributed by atoms with E-state index in [4.69, 9.17) is 0 Å². The van der Waals surface area contributed by atoms with Crippen LogP contribution in [0.5, 0.6) is 0 Å². The van der Waals surface area contributed by atoms with Gasteiger partial charge in [-0.15, -0.1) is 6.58 Å². The van der Waals surface area contributed by atoms with Crippen LogP contribution in [0.2, 0.25) is 0 Å². The summed E-state index contributed by atoms with van der Waals surface area (Å²) in [6, 6.07) is 18.4. The van der Waals surface area contributed by atoms with Gasteiger partial charge in [-0.1, -0.05) is 61.5 Å². The first-order chi connectivity index (χ1) is 11.2. The molecule has 0 aliphatic rings. The Morgan fingerprint density at radius 1 is 0.957 bits per heavy atom. The van der Waals surface area contributed by atoms with Gasteiger partial charge in [0.1, 0.15) is 5.82 Å². The summed E-state index contributed by atoms with van der Waals surface area (Å²) in [4.78, 5) is 0. The normalized spacial score (nSPS) is 10.9. The summed E-state index contributed by atoms with van der Waals surface area (Å²) in [6.07, 6.45) is 4.67. The van der Waals surface area contributed by atoms with Gasteiger partial charge < -0.3 is 0 Å². The second-order valence-electron chi connectivity index (χ2n) is 5.85. The Morgan fingerprint density at radius 2 is 1.70 bits per heavy atom. The van der Waals surface area contributed by atoms with Gasteiger partial charge in [0.15, 0.2) is 0 Å². The number of hydrogen-bond donors (Lipinski definition) is 0. The van der Waals surface area contributed by atoms with Gasteiger partial charge in [-0.05, 0) is 53.0 Å². The van der Waals surface area contributed by atoms with E-state index in [2.05, 4.69) is 36.9 Å². The van der Waals surface area contributed by atoms with Crippen molar-refractivity contribution in [3.8, 4) is 11.1 Å². The summed E-state index contributed by atoms with van der Waals surface area (Å²) >= 11 is 0. The van der Waals surface area contributed by atoms with Crippen molar-refractivity contribution < 1.29 is 4.39 Å². The van der Waals surface area contributed by atoms with Gasteiger partial charge in [0, 0.05) is 5.39 Å². The van der Waals surface area contributed by atoms with Gasteiger partial charge in [-0.25, -0.2) is 4.39 Å². The fourth-order valence-corrected chi connectivity index (χ4v) is 2.92. The number of halogens is 1. The third-order valence-corrected chi connectivity index (χ3v) is 4.34. The molecular formula is C22H21F. The van der Waals surface area contributed by atoms with Crippen LogP contribution in [0.15, 0.2) is 67.3 Å². The number of aryl methyl sites for hydroxylation is 2. The van der Waals surface area contributed by atoms with Crippen molar-refractivity contribution in [2.24, 2.45) is 0 Å². The fraction of sp³-hybridized carbons (Fsp3) is 0.182. The highest BCUT2D eigenvalue weighted by Crippen LogP contribution is 2.28.